The van der Waals surface area contributed by atoms with Crippen LogP contribution in [0.25, 0.3) is 0 Å². The number of alkyl halides is 2. The first-order valence-electron chi connectivity index (χ1n) is 8.71. The largest absolute Gasteiger partial charge is 0.339 e. The van der Waals surface area contributed by atoms with E-state index in [2.05, 4.69) is 5.32 Å². The second-order valence-electron chi connectivity index (χ2n) is 6.35. The average molecular weight is 390 g/mol. The number of aryl methyl sites for hydroxylation is 1. The van der Waals surface area contributed by atoms with Gasteiger partial charge in [-0.3, -0.25) is 9.59 Å². The lowest BCUT2D eigenvalue weighted by molar-refractivity contribution is 0.0793. The lowest BCUT2D eigenvalue weighted by atomic mass is 10.0. The zero-order chi connectivity index (χ0) is 19.4. The minimum Gasteiger partial charge on any atom is -0.339 e. The number of hydrogen-bond acceptors (Lipinski definition) is 3. The van der Waals surface area contributed by atoms with Gasteiger partial charge in [-0.1, -0.05) is 23.9 Å². The van der Waals surface area contributed by atoms with Gasteiger partial charge in [-0.2, -0.15) is 8.78 Å². The number of carbonyl (C=O) groups excluding carboxylic acids is 2. The first-order chi connectivity index (χ1) is 13.0. The van der Waals surface area contributed by atoms with Crippen LogP contribution in [-0.4, -0.2) is 35.6 Å². The first-order valence-corrected chi connectivity index (χ1v) is 9.59. The van der Waals surface area contributed by atoms with Crippen LogP contribution in [0.5, 0.6) is 0 Å². The molecule has 7 heteroatoms. The normalized spacial score (nSPS) is 13.9. The van der Waals surface area contributed by atoms with Crippen LogP contribution in [0, 0.1) is 6.92 Å². The maximum Gasteiger partial charge on any atom is 0.288 e. The highest BCUT2D eigenvalue weighted by Gasteiger charge is 2.24. The summed E-state index contributed by atoms with van der Waals surface area (Å²) in [6.07, 6.45) is 1.98. The number of hydrogen-bond donors (Lipinski definition) is 1. The van der Waals surface area contributed by atoms with Crippen LogP contribution in [0.4, 0.5) is 14.5 Å². The van der Waals surface area contributed by atoms with Gasteiger partial charge in [0.05, 0.1) is 11.3 Å². The summed E-state index contributed by atoms with van der Waals surface area (Å²) in [7, 11) is 0. The molecule has 3 rings (SSSR count). The van der Waals surface area contributed by atoms with Crippen molar-refractivity contribution >= 4 is 29.3 Å². The van der Waals surface area contributed by atoms with Crippen LogP contribution in [0.3, 0.4) is 0 Å². The Labute approximate surface area is 160 Å². The fraction of sp³-hybridized carbons (Fsp3) is 0.300. The molecule has 0 radical (unpaired) electrons. The molecular formula is C20H20F2N2O2S. The molecule has 142 valence electrons. The lowest BCUT2D eigenvalue weighted by Gasteiger charge is -2.19. The Hall–Kier alpha value is -2.41. The van der Waals surface area contributed by atoms with Crippen LogP contribution in [0.2, 0.25) is 0 Å². The third-order valence-electron chi connectivity index (χ3n) is 4.47. The lowest BCUT2D eigenvalue weighted by Crippen LogP contribution is -2.29. The fourth-order valence-electron chi connectivity index (χ4n) is 3.12. The SMILES string of the molecule is Cc1cccc(NC(=O)c2ccc(SC(F)F)cc2)c1C(=O)N1CCCC1. The molecule has 0 aliphatic carbocycles. The van der Waals surface area contributed by atoms with Gasteiger partial charge < -0.3 is 10.2 Å². The minimum atomic E-state index is -2.50. The Morgan fingerprint density at radius 1 is 1.07 bits per heavy atom. The zero-order valence-electron chi connectivity index (χ0n) is 14.9. The molecule has 1 fully saturated rings. The van der Waals surface area contributed by atoms with Crippen LogP contribution >= 0.6 is 11.8 Å². The Morgan fingerprint density at radius 2 is 1.74 bits per heavy atom. The van der Waals surface area contributed by atoms with Crippen molar-refractivity contribution in [2.75, 3.05) is 18.4 Å². The summed E-state index contributed by atoms with van der Waals surface area (Å²) in [6.45, 7) is 3.29. The maximum absolute atomic E-state index is 12.9. The number of thioether (sulfide) groups is 1. The van der Waals surface area contributed by atoms with E-state index < -0.39 is 5.76 Å². The molecule has 1 aliphatic heterocycles. The summed E-state index contributed by atoms with van der Waals surface area (Å²) in [4.78, 5) is 27.6. The molecule has 0 aromatic heterocycles. The second kappa shape index (κ2) is 8.52. The quantitative estimate of drug-likeness (QED) is 0.746. The van der Waals surface area contributed by atoms with Crippen LogP contribution in [0.15, 0.2) is 47.4 Å². The van der Waals surface area contributed by atoms with Crippen LogP contribution in [-0.2, 0) is 0 Å². The van der Waals surface area contributed by atoms with E-state index in [4.69, 9.17) is 0 Å². The van der Waals surface area contributed by atoms with Gasteiger partial charge in [0, 0.05) is 23.5 Å². The van der Waals surface area contributed by atoms with Gasteiger partial charge >= 0.3 is 0 Å². The van der Waals surface area contributed by atoms with Crippen molar-refractivity contribution in [3.8, 4) is 0 Å². The molecular weight excluding hydrogens is 370 g/mol. The number of nitrogens with zero attached hydrogens (tertiary/aromatic N) is 1. The van der Waals surface area contributed by atoms with Gasteiger partial charge in [0.15, 0.2) is 0 Å². The number of benzene rings is 2. The predicted molar refractivity (Wildman–Crippen MR) is 103 cm³/mol. The van der Waals surface area contributed by atoms with Gasteiger partial charge in [0.1, 0.15) is 0 Å². The number of likely N-dealkylation sites (tertiary alicyclic amines) is 1. The number of halogens is 2. The maximum atomic E-state index is 12.9. The molecule has 1 N–H and O–H groups in total. The Morgan fingerprint density at radius 3 is 2.37 bits per heavy atom. The second-order valence-corrected chi connectivity index (χ2v) is 7.42. The molecule has 1 saturated heterocycles. The van der Waals surface area contributed by atoms with Crippen molar-refractivity contribution in [3.63, 3.8) is 0 Å². The van der Waals surface area contributed by atoms with E-state index in [1.807, 2.05) is 13.0 Å². The summed E-state index contributed by atoms with van der Waals surface area (Å²) >= 11 is 0.430. The van der Waals surface area contributed by atoms with Gasteiger partial charge in [0.25, 0.3) is 17.6 Å². The smallest absolute Gasteiger partial charge is 0.288 e. The van der Waals surface area contributed by atoms with Crippen molar-refractivity contribution in [2.45, 2.75) is 30.4 Å². The number of anilines is 1. The number of carbonyl (C=O) groups is 2. The van der Waals surface area contributed by atoms with Crippen molar-refractivity contribution in [1.29, 1.82) is 0 Å². The molecule has 4 nitrogen and oxygen atoms in total. The monoisotopic (exact) mass is 390 g/mol. The predicted octanol–water partition coefficient (Wildman–Crippen LogP) is 4.80. The third-order valence-corrected chi connectivity index (χ3v) is 5.19. The van der Waals surface area contributed by atoms with Gasteiger partial charge in [-0.15, -0.1) is 0 Å². The van der Waals surface area contributed by atoms with E-state index in [1.165, 1.54) is 24.3 Å². The summed E-state index contributed by atoms with van der Waals surface area (Å²) in [5.74, 6) is -2.97. The molecule has 2 aromatic rings. The summed E-state index contributed by atoms with van der Waals surface area (Å²) in [5, 5.41) is 2.79. The fourth-order valence-corrected chi connectivity index (χ4v) is 3.62. The minimum absolute atomic E-state index is 0.0791. The van der Waals surface area contributed by atoms with Crippen LogP contribution in [0.1, 0.15) is 39.1 Å². The molecule has 0 saturated carbocycles. The molecule has 2 aromatic carbocycles. The van der Waals surface area contributed by atoms with Gasteiger partial charge in [-0.25, -0.2) is 0 Å². The third kappa shape index (κ3) is 4.66. The molecule has 0 atom stereocenters. The topological polar surface area (TPSA) is 49.4 Å². The van der Waals surface area contributed by atoms with E-state index in [9.17, 15) is 18.4 Å². The Kier molecular flexibility index (Phi) is 6.11. The number of amides is 2. The van der Waals surface area contributed by atoms with Crippen molar-refractivity contribution in [2.24, 2.45) is 0 Å². The van der Waals surface area contributed by atoms with Crippen molar-refractivity contribution in [3.05, 3.63) is 59.2 Å². The van der Waals surface area contributed by atoms with Crippen molar-refractivity contribution in [1.82, 2.24) is 4.90 Å². The standard InChI is InChI=1S/C20H20F2N2O2S/c1-13-5-4-6-16(17(13)19(26)24-11-2-3-12-24)23-18(25)14-7-9-15(10-8-14)27-20(21)22/h4-10,20H,2-3,11-12H2,1H3,(H,23,25). The average Bonchev–Trinajstić information content (AvgIpc) is 3.16. The van der Waals surface area contributed by atoms with E-state index in [0.717, 1.165) is 31.5 Å². The van der Waals surface area contributed by atoms with E-state index in [0.29, 0.717) is 33.5 Å². The van der Waals surface area contributed by atoms with Crippen molar-refractivity contribution < 1.29 is 18.4 Å². The zero-order valence-corrected chi connectivity index (χ0v) is 15.7. The van der Waals surface area contributed by atoms with Gasteiger partial charge in [-0.05, 0) is 55.7 Å². The highest BCUT2D eigenvalue weighted by molar-refractivity contribution is 7.99. The number of nitrogens with one attached hydrogen (secondary N) is 1. The highest BCUT2D eigenvalue weighted by atomic mass is 32.2. The van der Waals surface area contributed by atoms with Gasteiger partial charge in [0.2, 0.25) is 0 Å². The first kappa shape index (κ1) is 19.4. The van der Waals surface area contributed by atoms with Crippen LogP contribution < -0.4 is 5.32 Å². The molecule has 1 aliphatic rings. The molecule has 27 heavy (non-hydrogen) atoms. The molecule has 0 spiro atoms. The summed E-state index contributed by atoms with van der Waals surface area (Å²) in [6, 6.07) is 11.3. The Bertz CT molecular complexity index is 834. The van der Waals surface area contributed by atoms with E-state index >= 15 is 0 Å². The highest BCUT2D eigenvalue weighted by Crippen LogP contribution is 2.26. The molecule has 1 heterocycles. The number of rotatable bonds is 5. The molecule has 2 amide bonds. The molecule has 0 bridgehead atoms. The summed E-state index contributed by atoms with van der Waals surface area (Å²) < 4.78 is 24.8. The van der Waals surface area contributed by atoms with E-state index in [-0.39, 0.29) is 11.8 Å². The summed E-state index contributed by atoms with van der Waals surface area (Å²) in [5.41, 5.74) is 2.10. The van der Waals surface area contributed by atoms with E-state index in [1.54, 1.807) is 17.0 Å². The Balaban J connectivity index is 1.79. The molecule has 0 unspecified atom stereocenters.